The third-order valence-electron chi connectivity index (χ3n) is 17.8. The van der Waals surface area contributed by atoms with E-state index in [-0.39, 0.29) is 17.5 Å². The summed E-state index contributed by atoms with van der Waals surface area (Å²) in [7, 11) is 0. The number of nitrogens with zero attached hydrogens (tertiary/aromatic N) is 5. The normalized spacial score (nSPS) is 13.9. The van der Waals surface area contributed by atoms with E-state index in [0.717, 1.165) is 51.8 Å². The highest BCUT2D eigenvalue weighted by molar-refractivity contribution is 7.03. The fourth-order valence-corrected chi connectivity index (χ4v) is 14.6. The van der Waals surface area contributed by atoms with Crippen LogP contribution in [0.25, 0.3) is 116 Å². The molecule has 15 rings (SSSR count). The van der Waals surface area contributed by atoms with Crippen LogP contribution < -0.4 is 10.9 Å². The van der Waals surface area contributed by atoms with Crippen molar-refractivity contribution in [2.24, 2.45) is 0 Å². The molecular weight excluding hydrogens is 934 g/mol. The van der Waals surface area contributed by atoms with Crippen LogP contribution in [0, 0.1) is 41.5 Å². The van der Waals surface area contributed by atoms with Crippen molar-refractivity contribution < 1.29 is 0 Å². The molecule has 374 valence electrons. The van der Waals surface area contributed by atoms with Crippen molar-refractivity contribution in [3.63, 3.8) is 0 Å². The summed E-state index contributed by atoms with van der Waals surface area (Å²) in [6.07, 6.45) is 4.55. The van der Waals surface area contributed by atoms with Crippen LogP contribution in [-0.4, -0.2) is 30.8 Å². The van der Waals surface area contributed by atoms with E-state index in [4.69, 9.17) is 15.0 Å². The molecule has 0 atom stereocenters. The third kappa shape index (κ3) is 6.45. The van der Waals surface area contributed by atoms with Gasteiger partial charge in [0, 0.05) is 55.4 Å². The number of aromatic nitrogens is 5. The van der Waals surface area contributed by atoms with E-state index in [0.29, 0.717) is 17.5 Å². The molecule has 0 fully saturated rings. The molecule has 0 saturated carbocycles. The Balaban J connectivity index is 1.13. The van der Waals surface area contributed by atoms with Crippen molar-refractivity contribution in [2.45, 2.75) is 107 Å². The number of hydrogen-bond acceptors (Lipinski definition) is 3. The summed E-state index contributed by atoms with van der Waals surface area (Å²) >= 11 is 0. The number of benzene rings is 9. The smallest absolute Gasteiger partial charge is 0.251 e. The molecule has 0 bridgehead atoms. The molecule has 0 unspecified atom stereocenters. The van der Waals surface area contributed by atoms with Crippen LogP contribution in [0.2, 0.25) is 0 Å². The molecule has 6 heteroatoms. The Labute approximate surface area is 451 Å². The van der Waals surface area contributed by atoms with Gasteiger partial charge in [-0.2, -0.15) is 0 Å². The molecule has 0 saturated heterocycles. The maximum atomic E-state index is 5.63. The highest BCUT2D eigenvalue weighted by Crippen LogP contribution is 2.50. The third-order valence-corrected chi connectivity index (χ3v) is 17.8. The summed E-state index contributed by atoms with van der Waals surface area (Å²) < 4.78 is 5.29. The van der Waals surface area contributed by atoms with E-state index in [1.807, 2.05) is 0 Å². The van der Waals surface area contributed by atoms with Crippen molar-refractivity contribution in [2.75, 3.05) is 0 Å². The van der Waals surface area contributed by atoms with E-state index in [1.54, 1.807) is 0 Å². The standard InChI is InChI=1S/C71H62BN5/c1-37-28-39(3)60(40(4)29-37)68-73-67(74-69(75-68)61-41(5)30-38(2)31-42(61)6)43-32-58-64-59(33-43)77-57-27-25-50-48-20-14-13-18-46(48)47-19-15-16-21-49(47)62(50)63(57)51-22-17-23-54(65(51)77)72(64)55-36-45(71(10,11)12)35-53-52-34-44(70(7,8)9)24-26-56(52)76(58)66(53)55/h13-16,18-21,23-36H,17,22H2,1-12H3. The molecule has 9 aromatic carbocycles. The van der Waals surface area contributed by atoms with Crippen LogP contribution in [0.4, 0.5) is 0 Å². The van der Waals surface area contributed by atoms with Gasteiger partial charge in [0.1, 0.15) is 0 Å². The number of aryl methyl sites for hydroxylation is 7. The minimum absolute atomic E-state index is 0.00218. The predicted octanol–water partition coefficient (Wildman–Crippen LogP) is 16.6. The first kappa shape index (κ1) is 46.2. The molecule has 0 radical (unpaired) electrons. The van der Waals surface area contributed by atoms with Crippen LogP contribution in [0.5, 0.6) is 0 Å². The van der Waals surface area contributed by atoms with Gasteiger partial charge in [0.25, 0.3) is 6.71 Å². The fraction of sp³-hybridized carbons (Fsp3) is 0.225. The summed E-state index contributed by atoms with van der Waals surface area (Å²) in [5, 5.41) is 11.9. The lowest BCUT2D eigenvalue weighted by Crippen LogP contribution is -2.53. The molecule has 3 aliphatic rings. The van der Waals surface area contributed by atoms with Crippen LogP contribution in [0.15, 0.2) is 133 Å². The van der Waals surface area contributed by atoms with E-state index in [2.05, 4.69) is 226 Å². The predicted molar refractivity (Wildman–Crippen MR) is 327 cm³/mol. The monoisotopic (exact) mass is 996 g/mol. The van der Waals surface area contributed by atoms with Gasteiger partial charge in [0.05, 0.1) is 11.0 Å². The Hall–Kier alpha value is -8.09. The molecule has 1 aliphatic carbocycles. The van der Waals surface area contributed by atoms with E-state index in [1.165, 1.54) is 126 Å². The summed E-state index contributed by atoms with van der Waals surface area (Å²) in [4.78, 5) is 16.7. The molecule has 12 aromatic rings. The molecule has 77 heavy (non-hydrogen) atoms. The molecule has 3 aromatic heterocycles. The van der Waals surface area contributed by atoms with E-state index < -0.39 is 0 Å². The lowest BCUT2D eigenvalue weighted by Gasteiger charge is -2.37. The Morgan fingerprint density at radius 1 is 0.468 bits per heavy atom. The summed E-state index contributed by atoms with van der Waals surface area (Å²) in [5.74, 6) is 2.07. The van der Waals surface area contributed by atoms with Gasteiger partial charge < -0.3 is 9.13 Å². The molecule has 2 aliphatic heterocycles. The van der Waals surface area contributed by atoms with Gasteiger partial charge in [-0.1, -0.05) is 150 Å². The molecule has 0 spiro atoms. The number of rotatable bonds is 3. The summed E-state index contributed by atoms with van der Waals surface area (Å²) in [5.41, 5.74) is 25.9. The lowest BCUT2D eigenvalue weighted by molar-refractivity contribution is 0.590. The lowest BCUT2D eigenvalue weighted by atomic mass is 9.32. The van der Waals surface area contributed by atoms with Crippen molar-refractivity contribution in [3.05, 3.63) is 189 Å². The molecule has 0 N–H and O–H groups in total. The second kappa shape index (κ2) is 15.8. The molecule has 5 nitrogen and oxygen atoms in total. The van der Waals surface area contributed by atoms with Gasteiger partial charge >= 0.3 is 0 Å². The maximum Gasteiger partial charge on any atom is 0.251 e. The second-order valence-corrected chi connectivity index (χ2v) is 25.1. The minimum atomic E-state index is -0.0808. The van der Waals surface area contributed by atoms with Crippen LogP contribution in [-0.2, 0) is 17.3 Å². The average Bonchev–Trinajstić information content (AvgIpc) is 4.07. The highest BCUT2D eigenvalue weighted by Gasteiger charge is 2.45. The van der Waals surface area contributed by atoms with Gasteiger partial charge in [-0.05, 0) is 189 Å². The van der Waals surface area contributed by atoms with Gasteiger partial charge in [-0.15, -0.1) is 0 Å². The fourth-order valence-electron chi connectivity index (χ4n) is 14.6. The zero-order valence-corrected chi connectivity index (χ0v) is 46.4. The number of fused-ring (bicyclic) bond motifs is 17. The molecular formula is C71H62BN5. The number of hydrogen-bond donors (Lipinski definition) is 0. The van der Waals surface area contributed by atoms with Gasteiger partial charge in [0.2, 0.25) is 0 Å². The van der Waals surface area contributed by atoms with Crippen molar-refractivity contribution in [3.8, 4) is 45.5 Å². The maximum absolute atomic E-state index is 5.63. The van der Waals surface area contributed by atoms with Crippen LogP contribution >= 0.6 is 0 Å². The molecule has 5 heterocycles. The average molecular weight is 996 g/mol. The summed E-state index contributed by atoms with van der Waals surface area (Å²) in [6.45, 7) is 27.3. The first-order valence-corrected chi connectivity index (χ1v) is 27.8. The number of allylic oxidation sites excluding steroid dienone is 1. The first-order valence-electron chi connectivity index (χ1n) is 27.8. The van der Waals surface area contributed by atoms with Crippen LogP contribution in [0.1, 0.15) is 104 Å². The Morgan fingerprint density at radius 2 is 0.987 bits per heavy atom. The quantitative estimate of drug-likeness (QED) is 0.131. The topological polar surface area (TPSA) is 48.5 Å². The minimum Gasteiger partial charge on any atom is -0.310 e. The van der Waals surface area contributed by atoms with Crippen molar-refractivity contribution >= 4 is 88.1 Å². The SMILES string of the molecule is Cc1cc(C)c(-c2nc(-c3cc4c5c(c3)-n3c6ccc(C(C)(C)C)cc6c6cc(C(C)(C)C)cc(c63)B5C3=CCCc5c3n-4c3ccc4c6ccccc6c6ccccc6c4c53)nc(-c3c(C)cc(C)cc3C)n2)c(C)c1. The van der Waals surface area contributed by atoms with Gasteiger partial charge in [-0.25, -0.2) is 15.0 Å². The second-order valence-electron chi connectivity index (χ2n) is 25.1. The van der Waals surface area contributed by atoms with Gasteiger partial charge in [-0.3, -0.25) is 0 Å². The zero-order valence-electron chi connectivity index (χ0n) is 46.4. The Kier molecular flexibility index (Phi) is 9.46. The summed E-state index contributed by atoms with van der Waals surface area (Å²) in [6, 6.07) is 49.2. The Morgan fingerprint density at radius 3 is 1.58 bits per heavy atom. The van der Waals surface area contributed by atoms with Gasteiger partial charge in [0.15, 0.2) is 17.5 Å². The highest BCUT2D eigenvalue weighted by atomic mass is 15.1. The molecule has 0 amide bonds. The van der Waals surface area contributed by atoms with E-state index in [9.17, 15) is 0 Å². The zero-order chi connectivity index (χ0) is 52.9. The first-order chi connectivity index (χ1) is 36.9. The largest absolute Gasteiger partial charge is 0.310 e. The van der Waals surface area contributed by atoms with Crippen molar-refractivity contribution in [1.29, 1.82) is 0 Å². The Bertz CT molecular complexity index is 4560. The van der Waals surface area contributed by atoms with E-state index >= 15 is 0 Å². The van der Waals surface area contributed by atoms with Crippen molar-refractivity contribution in [1.82, 2.24) is 24.1 Å². The van der Waals surface area contributed by atoms with Crippen LogP contribution in [0.3, 0.4) is 0 Å².